The highest BCUT2D eigenvalue weighted by Crippen LogP contribution is 2.66. The summed E-state index contributed by atoms with van der Waals surface area (Å²) < 4.78 is 12.3. The molecular formula is C31H34O5. The average molecular weight is 487 g/mol. The third-order valence-electron chi connectivity index (χ3n) is 10.5. The fourth-order valence-corrected chi connectivity index (χ4v) is 7.70. The van der Waals surface area contributed by atoms with Crippen LogP contribution in [0.25, 0.3) is 0 Å². The van der Waals surface area contributed by atoms with Crippen LogP contribution in [0.1, 0.15) is 75.8 Å². The first-order valence-corrected chi connectivity index (χ1v) is 13.2. The number of esters is 2. The molecule has 1 saturated heterocycles. The van der Waals surface area contributed by atoms with Crippen LogP contribution in [-0.2, 0) is 23.9 Å². The molecule has 2 aromatic rings. The van der Waals surface area contributed by atoms with Gasteiger partial charge in [-0.2, -0.15) is 0 Å². The maximum absolute atomic E-state index is 13.9. The number of rotatable bonds is 4. The lowest BCUT2D eigenvalue weighted by molar-refractivity contribution is -0.192. The number of carbonyl (C=O) groups is 3. The second-order valence-electron chi connectivity index (χ2n) is 12.1. The first kappa shape index (κ1) is 23.4. The molecule has 0 amide bonds. The molecule has 4 aliphatic rings. The molecule has 36 heavy (non-hydrogen) atoms. The molecule has 0 unspecified atom stereocenters. The summed E-state index contributed by atoms with van der Waals surface area (Å²) in [7, 11) is 0. The topological polar surface area (TPSA) is 69.7 Å². The van der Waals surface area contributed by atoms with Crippen LogP contribution in [0.5, 0.6) is 0 Å². The van der Waals surface area contributed by atoms with Crippen molar-refractivity contribution in [2.45, 2.75) is 76.4 Å². The lowest BCUT2D eigenvalue weighted by atomic mass is 9.58. The first-order valence-electron chi connectivity index (χ1n) is 13.2. The number of ketones is 1. The summed E-state index contributed by atoms with van der Waals surface area (Å²) in [5, 5.41) is 0. The Kier molecular flexibility index (Phi) is 5.23. The standard InChI is InChI=1S/C31H34O5/c1-29(2)30(3)14-15-31(29,36-27(30)33)28(34)35-26-18-22(20-12-8-5-9-13-20)23-16-24(26)21(17-25(23)32)19-10-6-4-7-11-19/h4-13,21-24,26H,14-18H2,1-3H3/t21-,22-,23+,24+,26+,30+,31-/m1/s1. The molecule has 2 aromatic carbocycles. The van der Waals surface area contributed by atoms with Gasteiger partial charge in [0.25, 0.3) is 0 Å². The van der Waals surface area contributed by atoms with Crippen molar-refractivity contribution >= 4 is 17.7 Å². The van der Waals surface area contributed by atoms with E-state index >= 15 is 0 Å². The first-order chi connectivity index (χ1) is 17.2. The van der Waals surface area contributed by atoms with E-state index in [2.05, 4.69) is 24.3 Å². The predicted octanol–water partition coefficient (Wildman–Crippen LogP) is 5.59. The van der Waals surface area contributed by atoms with Crippen LogP contribution >= 0.6 is 0 Å². The van der Waals surface area contributed by atoms with Crippen LogP contribution in [0.4, 0.5) is 0 Å². The summed E-state index contributed by atoms with van der Waals surface area (Å²) in [6, 6.07) is 20.3. The second-order valence-corrected chi connectivity index (χ2v) is 12.1. The number of fused-ring (bicyclic) bond motifs is 4. The van der Waals surface area contributed by atoms with Crippen LogP contribution < -0.4 is 0 Å². The van der Waals surface area contributed by atoms with Gasteiger partial charge in [0.2, 0.25) is 5.60 Å². The Morgan fingerprint density at radius 1 is 0.833 bits per heavy atom. The SMILES string of the molecule is CC1(C)[C@@]2(C)CC[C@]1(C(=O)O[C@H]1C[C@H](c3ccccc3)[C@@H]3C[C@H]1[C@@H](c1ccccc1)CC3=O)OC2=O. The van der Waals surface area contributed by atoms with Crippen LogP contribution in [-0.4, -0.2) is 29.4 Å². The molecule has 188 valence electrons. The molecule has 3 aliphatic carbocycles. The Morgan fingerprint density at radius 2 is 1.44 bits per heavy atom. The van der Waals surface area contributed by atoms with Crippen molar-refractivity contribution in [2.24, 2.45) is 22.7 Å². The molecule has 5 heteroatoms. The van der Waals surface area contributed by atoms with Gasteiger partial charge < -0.3 is 9.47 Å². The molecule has 4 bridgehead atoms. The molecule has 0 spiro atoms. The lowest BCUT2D eigenvalue weighted by Crippen LogP contribution is -2.53. The number of ether oxygens (including phenoxy) is 2. The average Bonchev–Trinajstić information content (AvgIpc) is 3.18. The van der Waals surface area contributed by atoms with E-state index in [1.807, 2.05) is 57.2 Å². The highest BCUT2D eigenvalue weighted by Gasteiger charge is 2.76. The highest BCUT2D eigenvalue weighted by atomic mass is 16.6. The van der Waals surface area contributed by atoms with E-state index in [1.165, 1.54) is 0 Å². The Balaban J connectivity index is 1.35. The highest BCUT2D eigenvalue weighted by molar-refractivity contribution is 5.93. The van der Waals surface area contributed by atoms with E-state index in [1.54, 1.807) is 0 Å². The van der Waals surface area contributed by atoms with E-state index in [0.29, 0.717) is 37.9 Å². The molecule has 0 aromatic heterocycles. The Bertz CT molecular complexity index is 1170. The fourth-order valence-electron chi connectivity index (χ4n) is 7.70. The van der Waals surface area contributed by atoms with Crippen LogP contribution in [0, 0.1) is 22.7 Å². The van der Waals surface area contributed by atoms with Crippen LogP contribution in [0.3, 0.4) is 0 Å². The van der Waals surface area contributed by atoms with Gasteiger partial charge >= 0.3 is 11.9 Å². The zero-order valence-corrected chi connectivity index (χ0v) is 21.2. The smallest absolute Gasteiger partial charge is 0.351 e. The molecular weight excluding hydrogens is 452 g/mol. The molecule has 0 N–H and O–H groups in total. The van der Waals surface area contributed by atoms with Crippen molar-refractivity contribution in [2.75, 3.05) is 0 Å². The maximum atomic E-state index is 13.9. The quantitative estimate of drug-likeness (QED) is 0.527. The molecule has 5 nitrogen and oxygen atoms in total. The van der Waals surface area contributed by atoms with E-state index in [4.69, 9.17) is 9.47 Å². The molecule has 1 heterocycles. The number of hydrogen-bond donors (Lipinski definition) is 0. The van der Waals surface area contributed by atoms with Crippen molar-refractivity contribution in [3.8, 4) is 0 Å². The minimum atomic E-state index is -1.25. The van der Waals surface area contributed by atoms with Gasteiger partial charge in [0.05, 0.1) is 5.41 Å². The molecule has 4 fully saturated rings. The number of Topliss-reactive ketones (excluding diaryl/α,β-unsaturated/α-hetero) is 1. The lowest BCUT2D eigenvalue weighted by Gasteiger charge is -2.48. The summed E-state index contributed by atoms with van der Waals surface area (Å²) in [5.41, 5.74) is -0.337. The Labute approximate surface area is 212 Å². The molecule has 0 radical (unpaired) electrons. The van der Waals surface area contributed by atoms with Crippen molar-refractivity contribution < 1.29 is 23.9 Å². The van der Waals surface area contributed by atoms with E-state index < -0.39 is 22.4 Å². The molecule has 1 aliphatic heterocycles. The Hall–Kier alpha value is -2.95. The second kappa shape index (κ2) is 8.03. The van der Waals surface area contributed by atoms with E-state index in [9.17, 15) is 14.4 Å². The van der Waals surface area contributed by atoms with Gasteiger partial charge in [-0.05, 0) is 55.6 Å². The predicted molar refractivity (Wildman–Crippen MR) is 134 cm³/mol. The minimum Gasteiger partial charge on any atom is -0.459 e. The molecule has 7 atom stereocenters. The van der Waals surface area contributed by atoms with Gasteiger partial charge in [0.1, 0.15) is 11.9 Å². The van der Waals surface area contributed by atoms with Crippen LogP contribution in [0.15, 0.2) is 60.7 Å². The third-order valence-corrected chi connectivity index (χ3v) is 10.5. The van der Waals surface area contributed by atoms with Gasteiger partial charge in [-0.15, -0.1) is 0 Å². The van der Waals surface area contributed by atoms with E-state index in [0.717, 1.165) is 11.1 Å². The monoisotopic (exact) mass is 486 g/mol. The zero-order valence-electron chi connectivity index (χ0n) is 21.2. The number of benzene rings is 2. The summed E-state index contributed by atoms with van der Waals surface area (Å²) in [5.74, 6) is -0.419. The van der Waals surface area contributed by atoms with Gasteiger partial charge in [-0.25, -0.2) is 4.79 Å². The summed E-state index contributed by atoms with van der Waals surface area (Å²) in [4.78, 5) is 40.1. The van der Waals surface area contributed by atoms with Gasteiger partial charge in [0.15, 0.2) is 0 Å². The van der Waals surface area contributed by atoms with Crippen molar-refractivity contribution in [3.63, 3.8) is 0 Å². The summed E-state index contributed by atoms with van der Waals surface area (Å²) in [6.07, 6.45) is 2.52. The third kappa shape index (κ3) is 3.10. The van der Waals surface area contributed by atoms with Crippen molar-refractivity contribution in [3.05, 3.63) is 71.8 Å². The van der Waals surface area contributed by atoms with Crippen molar-refractivity contribution in [1.82, 2.24) is 0 Å². The van der Waals surface area contributed by atoms with Crippen LogP contribution in [0.2, 0.25) is 0 Å². The van der Waals surface area contributed by atoms with Crippen molar-refractivity contribution in [1.29, 1.82) is 0 Å². The Morgan fingerprint density at radius 3 is 2.00 bits per heavy atom. The van der Waals surface area contributed by atoms with Gasteiger partial charge in [-0.1, -0.05) is 74.5 Å². The number of hydrogen-bond acceptors (Lipinski definition) is 5. The van der Waals surface area contributed by atoms with Gasteiger partial charge in [0, 0.05) is 23.7 Å². The normalized spacial score (nSPS) is 38.5. The fraction of sp³-hybridized carbons (Fsp3) is 0.516. The van der Waals surface area contributed by atoms with Gasteiger partial charge in [-0.3, -0.25) is 9.59 Å². The summed E-state index contributed by atoms with van der Waals surface area (Å²) >= 11 is 0. The van der Waals surface area contributed by atoms with E-state index in [-0.39, 0.29) is 35.7 Å². The summed E-state index contributed by atoms with van der Waals surface area (Å²) in [6.45, 7) is 5.83. The number of carbonyl (C=O) groups excluding carboxylic acids is 3. The molecule has 3 saturated carbocycles. The maximum Gasteiger partial charge on any atom is 0.351 e. The largest absolute Gasteiger partial charge is 0.459 e. The minimum absolute atomic E-state index is 0.00922. The zero-order chi connectivity index (χ0) is 25.3. The molecule has 6 rings (SSSR count).